The molecule has 0 bridgehead atoms. The summed E-state index contributed by atoms with van der Waals surface area (Å²) in [6.07, 6.45) is 1.25. The molecule has 3 rings (SSSR count). The number of nitrogens with zero attached hydrogens (tertiary/aromatic N) is 1. The van der Waals surface area contributed by atoms with Gasteiger partial charge in [0.1, 0.15) is 5.82 Å². The highest BCUT2D eigenvalue weighted by Crippen LogP contribution is 2.29. The number of halogens is 2. The van der Waals surface area contributed by atoms with Crippen molar-refractivity contribution >= 4 is 26.8 Å². The zero-order valence-corrected chi connectivity index (χ0v) is 14.3. The summed E-state index contributed by atoms with van der Waals surface area (Å²) in [6.45, 7) is 0.412. The third kappa shape index (κ3) is 3.32. The maximum Gasteiger partial charge on any atom is 0.123 e. The van der Waals surface area contributed by atoms with Crippen LogP contribution in [0.4, 0.5) is 4.39 Å². The molecule has 2 aromatic carbocycles. The lowest BCUT2D eigenvalue weighted by molar-refractivity contribution is 0.132. The summed E-state index contributed by atoms with van der Waals surface area (Å²) in [5, 5.41) is 14.7. The Balaban J connectivity index is 2.15. The standard InChI is InChI=1S/C18H18BrFN2O/c1-21-11-17(23)18(13-3-2-4-15(20)9-13)22-8-7-12-5-6-14(19)10-16(12)22/h2-10,17-18,21,23H,11H2,1H3. The Morgan fingerprint density at radius 1 is 1.22 bits per heavy atom. The van der Waals surface area contributed by atoms with Crippen molar-refractivity contribution in [2.45, 2.75) is 12.1 Å². The Morgan fingerprint density at radius 3 is 2.78 bits per heavy atom. The second-order valence-corrected chi connectivity index (χ2v) is 6.47. The van der Waals surface area contributed by atoms with Crippen molar-refractivity contribution in [3.63, 3.8) is 0 Å². The first-order chi connectivity index (χ1) is 11.1. The van der Waals surface area contributed by atoms with Crippen LogP contribution in [-0.2, 0) is 0 Å². The van der Waals surface area contributed by atoms with Gasteiger partial charge in [0.05, 0.1) is 12.1 Å². The van der Waals surface area contributed by atoms with E-state index < -0.39 is 6.10 Å². The molecule has 2 N–H and O–H groups in total. The van der Waals surface area contributed by atoms with E-state index in [-0.39, 0.29) is 11.9 Å². The van der Waals surface area contributed by atoms with Crippen LogP contribution in [0.1, 0.15) is 11.6 Å². The molecule has 0 radical (unpaired) electrons. The third-order valence-corrected chi connectivity index (χ3v) is 4.45. The Kier molecular flexibility index (Phi) is 4.80. The van der Waals surface area contributed by atoms with Gasteiger partial charge in [0, 0.05) is 22.7 Å². The zero-order valence-electron chi connectivity index (χ0n) is 12.7. The van der Waals surface area contributed by atoms with Gasteiger partial charge >= 0.3 is 0 Å². The molecule has 3 aromatic rings. The van der Waals surface area contributed by atoms with Gasteiger partial charge in [-0.05, 0) is 48.3 Å². The van der Waals surface area contributed by atoms with Crippen LogP contribution in [0.2, 0.25) is 0 Å². The first kappa shape index (κ1) is 16.2. The lowest BCUT2D eigenvalue weighted by atomic mass is 10.0. The van der Waals surface area contributed by atoms with Gasteiger partial charge in [-0.15, -0.1) is 0 Å². The Hall–Kier alpha value is -1.69. The lowest BCUT2D eigenvalue weighted by Crippen LogP contribution is -2.33. The number of aliphatic hydroxyl groups excluding tert-OH is 1. The first-order valence-electron chi connectivity index (χ1n) is 7.44. The average molecular weight is 377 g/mol. The van der Waals surface area contributed by atoms with E-state index >= 15 is 0 Å². The minimum absolute atomic E-state index is 0.304. The van der Waals surface area contributed by atoms with Gasteiger partial charge in [-0.1, -0.05) is 34.1 Å². The van der Waals surface area contributed by atoms with Crippen LogP contribution in [0.25, 0.3) is 10.9 Å². The van der Waals surface area contributed by atoms with Crippen LogP contribution in [0.3, 0.4) is 0 Å². The van der Waals surface area contributed by atoms with Gasteiger partial charge in [-0.25, -0.2) is 4.39 Å². The minimum atomic E-state index is -0.684. The molecular formula is C18H18BrFN2O. The number of rotatable bonds is 5. The fourth-order valence-electron chi connectivity index (χ4n) is 2.94. The van der Waals surface area contributed by atoms with Gasteiger partial charge in [0.2, 0.25) is 0 Å². The number of aliphatic hydroxyl groups is 1. The topological polar surface area (TPSA) is 37.2 Å². The number of hydrogen-bond donors (Lipinski definition) is 2. The van der Waals surface area contributed by atoms with E-state index in [4.69, 9.17) is 0 Å². The monoisotopic (exact) mass is 376 g/mol. The summed E-state index contributed by atoms with van der Waals surface area (Å²) in [6, 6.07) is 14.0. The van der Waals surface area contributed by atoms with Crippen molar-refractivity contribution in [3.8, 4) is 0 Å². The molecule has 0 aliphatic rings. The van der Waals surface area contributed by atoms with Crippen LogP contribution in [0.5, 0.6) is 0 Å². The molecule has 3 nitrogen and oxygen atoms in total. The summed E-state index contributed by atoms with van der Waals surface area (Å²) in [4.78, 5) is 0. The summed E-state index contributed by atoms with van der Waals surface area (Å²) >= 11 is 3.49. The molecule has 23 heavy (non-hydrogen) atoms. The molecular weight excluding hydrogens is 359 g/mol. The Morgan fingerprint density at radius 2 is 2.04 bits per heavy atom. The van der Waals surface area contributed by atoms with Crippen LogP contribution in [0, 0.1) is 5.82 Å². The Bertz CT molecular complexity index is 818. The van der Waals surface area contributed by atoms with Crippen LogP contribution < -0.4 is 5.32 Å². The smallest absolute Gasteiger partial charge is 0.123 e. The van der Waals surface area contributed by atoms with E-state index in [1.54, 1.807) is 13.1 Å². The molecule has 120 valence electrons. The maximum absolute atomic E-state index is 13.7. The van der Waals surface area contributed by atoms with Crippen molar-refractivity contribution in [1.29, 1.82) is 0 Å². The number of aromatic nitrogens is 1. The molecule has 0 saturated heterocycles. The van der Waals surface area contributed by atoms with Crippen LogP contribution >= 0.6 is 15.9 Å². The van der Waals surface area contributed by atoms with Gasteiger partial charge in [-0.2, -0.15) is 0 Å². The van der Waals surface area contributed by atoms with Crippen LogP contribution in [-0.4, -0.2) is 29.4 Å². The molecule has 2 unspecified atom stereocenters. The summed E-state index contributed by atoms with van der Waals surface area (Å²) in [7, 11) is 1.79. The number of fused-ring (bicyclic) bond motifs is 1. The van der Waals surface area contributed by atoms with Gasteiger partial charge in [0.15, 0.2) is 0 Å². The Labute approximate surface area is 142 Å². The van der Waals surface area contributed by atoms with Gasteiger partial charge in [0.25, 0.3) is 0 Å². The fraction of sp³-hybridized carbons (Fsp3) is 0.222. The second-order valence-electron chi connectivity index (χ2n) is 5.55. The van der Waals surface area contributed by atoms with E-state index in [1.165, 1.54) is 12.1 Å². The molecule has 0 aliphatic carbocycles. The predicted molar refractivity (Wildman–Crippen MR) is 94.1 cm³/mol. The van der Waals surface area contributed by atoms with E-state index in [1.807, 2.05) is 41.1 Å². The molecule has 0 saturated carbocycles. The van der Waals surface area contributed by atoms with E-state index in [0.29, 0.717) is 6.54 Å². The molecule has 0 fully saturated rings. The molecule has 0 spiro atoms. The molecule has 1 heterocycles. The normalized spacial score (nSPS) is 14.1. The number of likely N-dealkylation sites (N-methyl/N-ethyl adjacent to an activating group) is 1. The number of benzene rings is 2. The predicted octanol–water partition coefficient (Wildman–Crippen LogP) is 3.71. The van der Waals surface area contributed by atoms with Crippen molar-refractivity contribution in [3.05, 3.63) is 70.6 Å². The highest BCUT2D eigenvalue weighted by Gasteiger charge is 2.24. The van der Waals surface area contributed by atoms with Crippen molar-refractivity contribution in [1.82, 2.24) is 9.88 Å². The SMILES string of the molecule is CNCC(O)C(c1cccc(F)c1)n1ccc2ccc(Br)cc21. The van der Waals surface area contributed by atoms with Crippen molar-refractivity contribution < 1.29 is 9.50 Å². The number of nitrogens with one attached hydrogen (secondary N) is 1. The molecule has 0 amide bonds. The minimum Gasteiger partial charge on any atom is -0.389 e. The van der Waals surface area contributed by atoms with Gasteiger partial charge in [-0.3, -0.25) is 0 Å². The largest absolute Gasteiger partial charge is 0.389 e. The molecule has 2 atom stereocenters. The first-order valence-corrected chi connectivity index (χ1v) is 8.23. The summed E-state index contributed by atoms with van der Waals surface area (Å²) < 4.78 is 16.6. The third-order valence-electron chi connectivity index (χ3n) is 3.95. The highest BCUT2D eigenvalue weighted by atomic mass is 79.9. The highest BCUT2D eigenvalue weighted by molar-refractivity contribution is 9.10. The maximum atomic E-state index is 13.7. The van der Waals surface area contributed by atoms with Gasteiger partial charge < -0.3 is 15.0 Å². The average Bonchev–Trinajstić information content (AvgIpc) is 2.91. The van der Waals surface area contributed by atoms with E-state index in [9.17, 15) is 9.50 Å². The zero-order chi connectivity index (χ0) is 16.4. The molecule has 1 aromatic heterocycles. The molecule has 0 aliphatic heterocycles. The fourth-order valence-corrected chi connectivity index (χ4v) is 3.29. The van der Waals surface area contributed by atoms with Crippen LogP contribution in [0.15, 0.2) is 59.2 Å². The van der Waals surface area contributed by atoms with Crippen molar-refractivity contribution in [2.75, 3.05) is 13.6 Å². The molecule has 5 heteroatoms. The quantitative estimate of drug-likeness (QED) is 0.711. The lowest BCUT2D eigenvalue weighted by Gasteiger charge is -2.26. The second kappa shape index (κ2) is 6.83. The van der Waals surface area contributed by atoms with Crippen molar-refractivity contribution in [2.24, 2.45) is 0 Å². The van der Waals surface area contributed by atoms with E-state index in [0.717, 1.165) is 20.9 Å². The number of hydrogen-bond acceptors (Lipinski definition) is 2. The van der Waals surface area contributed by atoms with E-state index in [2.05, 4.69) is 21.2 Å². The summed E-state index contributed by atoms with van der Waals surface area (Å²) in [5.41, 5.74) is 1.73. The summed E-state index contributed by atoms with van der Waals surface area (Å²) in [5.74, 6) is -0.304.